The average Bonchev–Trinajstić information content (AvgIpc) is 3.30. The summed E-state index contributed by atoms with van der Waals surface area (Å²) in [5.74, 6) is 1.26. The fourth-order valence-electron chi connectivity index (χ4n) is 2.07. The van der Waals surface area contributed by atoms with E-state index in [0.29, 0.717) is 18.0 Å². The zero-order chi connectivity index (χ0) is 16.8. The third-order valence-corrected chi connectivity index (χ3v) is 4.16. The smallest absolute Gasteiger partial charge is 0.244 e. The summed E-state index contributed by atoms with van der Waals surface area (Å²) in [5.41, 5.74) is 1.57. The molecule has 0 saturated carbocycles. The quantitative estimate of drug-likeness (QED) is 0.694. The number of carbonyl (C=O) groups is 1. The van der Waals surface area contributed by atoms with Crippen LogP contribution in [0.25, 0.3) is 17.4 Å². The largest absolute Gasteiger partial charge is 0.497 e. The van der Waals surface area contributed by atoms with Crippen LogP contribution in [0.3, 0.4) is 0 Å². The lowest BCUT2D eigenvalue weighted by atomic mass is 10.1. The minimum absolute atomic E-state index is 0.169. The van der Waals surface area contributed by atoms with Gasteiger partial charge in [-0.05, 0) is 41.8 Å². The van der Waals surface area contributed by atoms with E-state index < -0.39 is 0 Å². The van der Waals surface area contributed by atoms with Crippen molar-refractivity contribution in [3.05, 3.63) is 64.5 Å². The van der Waals surface area contributed by atoms with E-state index >= 15 is 0 Å². The topological polar surface area (TPSA) is 64.4 Å². The first-order valence-electron chi connectivity index (χ1n) is 7.34. The predicted octanol–water partition coefficient (Wildman–Crippen LogP) is 3.74. The summed E-state index contributed by atoms with van der Waals surface area (Å²) in [4.78, 5) is 12.8. The zero-order valence-electron chi connectivity index (χ0n) is 13.1. The monoisotopic (exact) mass is 340 g/mol. The lowest BCUT2D eigenvalue weighted by Crippen LogP contribution is -2.20. The molecule has 0 bridgehead atoms. The summed E-state index contributed by atoms with van der Waals surface area (Å²) in [7, 11) is 1.62. The molecule has 0 spiro atoms. The maximum absolute atomic E-state index is 11.8. The van der Waals surface area contributed by atoms with Crippen LogP contribution in [0.4, 0.5) is 0 Å². The van der Waals surface area contributed by atoms with E-state index in [-0.39, 0.29) is 5.91 Å². The SMILES string of the molecule is COc1ccc(-c2cc(CNC(=O)/C=C/c3cccs3)no2)cc1. The van der Waals surface area contributed by atoms with Crippen molar-refractivity contribution in [1.82, 2.24) is 10.5 Å². The van der Waals surface area contributed by atoms with Gasteiger partial charge in [-0.3, -0.25) is 4.79 Å². The van der Waals surface area contributed by atoms with Gasteiger partial charge in [0, 0.05) is 22.6 Å². The molecule has 1 amide bonds. The molecule has 5 nitrogen and oxygen atoms in total. The van der Waals surface area contributed by atoms with Crippen LogP contribution >= 0.6 is 11.3 Å². The summed E-state index contributed by atoms with van der Waals surface area (Å²) in [6.45, 7) is 0.313. The van der Waals surface area contributed by atoms with E-state index in [4.69, 9.17) is 9.26 Å². The molecule has 0 aliphatic carbocycles. The number of methoxy groups -OCH3 is 1. The maximum atomic E-state index is 11.8. The van der Waals surface area contributed by atoms with Gasteiger partial charge in [-0.2, -0.15) is 0 Å². The first-order valence-corrected chi connectivity index (χ1v) is 8.22. The number of benzene rings is 1. The second kappa shape index (κ2) is 7.61. The number of carbonyl (C=O) groups excluding carboxylic acids is 1. The molecule has 0 unspecified atom stereocenters. The third kappa shape index (κ3) is 4.11. The summed E-state index contributed by atoms with van der Waals surface area (Å²) < 4.78 is 10.4. The van der Waals surface area contributed by atoms with E-state index in [9.17, 15) is 4.79 Å². The van der Waals surface area contributed by atoms with E-state index in [1.165, 1.54) is 6.08 Å². The molecule has 1 aromatic carbocycles. The average molecular weight is 340 g/mol. The molecule has 3 rings (SSSR count). The normalized spacial score (nSPS) is 10.9. The molecule has 0 fully saturated rings. The zero-order valence-corrected chi connectivity index (χ0v) is 13.9. The third-order valence-electron chi connectivity index (χ3n) is 3.32. The van der Waals surface area contributed by atoms with E-state index in [2.05, 4.69) is 10.5 Å². The Morgan fingerprint density at radius 1 is 1.33 bits per heavy atom. The number of rotatable bonds is 6. The number of amides is 1. The van der Waals surface area contributed by atoms with Gasteiger partial charge in [-0.1, -0.05) is 11.2 Å². The Bertz CT molecular complexity index is 820. The van der Waals surface area contributed by atoms with Crippen LogP contribution in [0.1, 0.15) is 10.6 Å². The fraction of sp³-hybridized carbons (Fsp3) is 0.111. The predicted molar refractivity (Wildman–Crippen MR) is 93.7 cm³/mol. The summed E-state index contributed by atoms with van der Waals surface area (Å²) in [6, 6.07) is 13.2. The maximum Gasteiger partial charge on any atom is 0.244 e. The number of nitrogens with one attached hydrogen (secondary N) is 1. The van der Waals surface area contributed by atoms with Crippen LogP contribution in [0.5, 0.6) is 5.75 Å². The molecule has 0 radical (unpaired) electrons. The Kier molecular flexibility index (Phi) is 5.08. The number of aromatic nitrogens is 1. The second-order valence-corrected chi connectivity index (χ2v) is 5.96. The standard InChI is InChI=1S/C18H16N2O3S/c1-22-15-6-4-13(5-7-15)17-11-14(20-23-17)12-19-18(21)9-8-16-3-2-10-24-16/h2-11H,12H2,1H3,(H,19,21)/b9-8+. The highest BCUT2D eigenvalue weighted by atomic mass is 32.1. The minimum Gasteiger partial charge on any atom is -0.497 e. The van der Waals surface area contributed by atoms with E-state index in [0.717, 1.165) is 16.2 Å². The second-order valence-electron chi connectivity index (χ2n) is 4.98. The van der Waals surface area contributed by atoms with Gasteiger partial charge in [-0.25, -0.2) is 0 Å². The van der Waals surface area contributed by atoms with Crippen molar-refractivity contribution in [3.63, 3.8) is 0 Å². The van der Waals surface area contributed by atoms with Gasteiger partial charge in [-0.15, -0.1) is 11.3 Å². The van der Waals surface area contributed by atoms with Gasteiger partial charge in [0.15, 0.2) is 5.76 Å². The Morgan fingerprint density at radius 2 is 2.17 bits per heavy atom. The summed E-state index contributed by atoms with van der Waals surface area (Å²) in [6.07, 6.45) is 3.29. The molecule has 0 saturated heterocycles. The van der Waals surface area contributed by atoms with Gasteiger partial charge in [0.1, 0.15) is 11.4 Å². The van der Waals surface area contributed by atoms with Crippen molar-refractivity contribution in [2.45, 2.75) is 6.54 Å². The lowest BCUT2D eigenvalue weighted by Gasteiger charge is -1.99. The summed E-state index contributed by atoms with van der Waals surface area (Å²) in [5, 5.41) is 8.72. The number of hydrogen-bond donors (Lipinski definition) is 1. The van der Waals surface area contributed by atoms with Gasteiger partial charge < -0.3 is 14.6 Å². The first-order chi connectivity index (χ1) is 11.7. The molecule has 6 heteroatoms. The lowest BCUT2D eigenvalue weighted by molar-refractivity contribution is -0.116. The number of thiophene rings is 1. The highest BCUT2D eigenvalue weighted by Crippen LogP contribution is 2.23. The molecule has 0 aliphatic rings. The molecule has 122 valence electrons. The number of nitrogens with zero attached hydrogens (tertiary/aromatic N) is 1. The van der Waals surface area contributed by atoms with Crippen LogP contribution in [0.15, 0.2) is 58.4 Å². The molecule has 1 N–H and O–H groups in total. The Balaban J connectivity index is 1.56. The van der Waals surface area contributed by atoms with Crippen LogP contribution in [-0.2, 0) is 11.3 Å². The Labute approximate surface area is 143 Å². The summed E-state index contributed by atoms with van der Waals surface area (Å²) >= 11 is 1.58. The fourth-order valence-corrected chi connectivity index (χ4v) is 2.68. The van der Waals surface area contributed by atoms with Crippen molar-refractivity contribution in [3.8, 4) is 17.1 Å². The molecule has 2 aromatic heterocycles. The van der Waals surface area contributed by atoms with Gasteiger partial charge in [0.2, 0.25) is 5.91 Å². The molecule has 2 heterocycles. The van der Waals surface area contributed by atoms with Crippen LogP contribution in [0.2, 0.25) is 0 Å². The molecular weight excluding hydrogens is 324 g/mol. The molecule has 24 heavy (non-hydrogen) atoms. The van der Waals surface area contributed by atoms with Crippen molar-refractivity contribution < 1.29 is 14.1 Å². The van der Waals surface area contributed by atoms with Crippen molar-refractivity contribution in [2.75, 3.05) is 7.11 Å². The number of hydrogen-bond acceptors (Lipinski definition) is 5. The van der Waals surface area contributed by atoms with Crippen molar-refractivity contribution in [2.24, 2.45) is 0 Å². The van der Waals surface area contributed by atoms with Crippen LogP contribution in [0, 0.1) is 0 Å². The van der Waals surface area contributed by atoms with E-state index in [1.807, 2.05) is 47.8 Å². The first kappa shape index (κ1) is 16.0. The van der Waals surface area contributed by atoms with Crippen LogP contribution < -0.4 is 10.1 Å². The number of ether oxygens (including phenoxy) is 1. The Morgan fingerprint density at radius 3 is 2.88 bits per heavy atom. The highest BCUT2D eigenvalue weighted by Gasteiger charge is 2.07. The Hall–Kier alpha value is -2.86. The van der Waals surface area contributed by atoms with Gasteiger partial charge >= 0.3 is 0 Å². The molecule has 3 aromatic rings. The molecular formula is C18H16N2O3S. The van der Waals surface area contributed by atoms with Crippen molar-refractivity contribution in [1.29, 1.82) is 0 Å². The van der Waals surface area contributed by atoms with Crippen molar-refractivity contribution >= 4 is 23.3 Å². The highest BCUT2D eigenvalue weighted by molar-refractivity contribution is 7.10. The van der Waals surface area contributed by atoms with Crippen LogP contribution in [-0.4, -0.2) is 18.2 Å². The molecule has 0 aliphatic heterocycles. The minimum atomic E-state index is -0.169. The van der Waals surface area contributed by atoms with Gasteiger partial charge in [0.05, 0.1) is 13.7 Å². The molecule has 0 atom stereocenters. The van der Waals surface area contributed by atoms with Gasteiger partial charge in [0.25, 0.3) is 0 Å². The van der Waals surface area contributed by atoms with E-state index in [1.54, 1.807) is 24.5 Å².